The zero-order valence-corrected chi connectivity index (χ0v) is 39.9. The van der Waals surface area contributed by atoms with E-state index in [4.69, 9.17) is 55.6 Å². The van der Waals surface area contributed by atoms with E-state index >= 15 is 0 Å². The molecule has 2 aromatic carbocycles. The summed E-state index contributed by atoms with van der Waals surface area (Å²) in [5.41, 5.74) is 0.190. The minimum Gasteiger partial charge on any atom is -0.871 e. The van der Waals surface area contributed by atoms with E-state index in [1.165, 1.54) is 25.7 Å². The van der Waals surface area contributed by atoms with Crippen molar-refractivity contribution < 1.29 is 58.5 Å². The van der Waals surface area contributed by atoms with E-state index in [9.17, 15) is 24.6 Å². The van der Waals surface area contributed by atoms with Crippen LogP contribution in [0.3, 0.4) is 0 Å². The Balaban J connectivity index is 0.00000650. The average molecular weight is 1210 g/mol. The number of aliphatic carboxylic acids is 1. The molecular formula is C33H27Cl4I4NaO7. The summed E-state index contributed by atoms with van der Waals surface area (Å²) >= 11 is 34.2. The van der Waals surface area contributed by atoms with Gasteiger partial charge in [-0.15, -0.1) is 0 Å². The summed E-state index contributed by atoms with van der Waals surface area (Å²) in [6, 6.07) is 3.16. The molecular weight excluding hydrogens is 1180 g/mol. The second kappa shape index (κ2) is 20.0. The Bertz CT molecular complexity index is 1920. The van der Waals surface area contributed by atoms with E-state index in [-0.39, 0.29) is 102 Å². The first-order valence-corrected chi connectivity index (χ1v) is 20.8. The number of carboxylic acid groups (broad SMARTS) is 1. The number of hydrogen-bond acceptors (Lipinski definition) is 6. The van der Waals surface area contributed by atoms with E-state index < -0.39 is 18.0 Å². The smallest absolute Gasteiger partial charge is 0.871 e. The normalized spacial score (nSPS) is 11.9. The van der Waals surface area contributed by atoms with Gasteiger partial charge in [-0.1, -0.05) is 110 Å². The van der Waals surface area contributed by atoms with Crippen molar-refractivity contribution in [1.29, 1.82) is 0 Å². The minimum atomic E-state index is -1.46. The molecule has 16 heteroatoms. The molecule has 0 bridgehead atoms. The fourth-order valence-electron chi connectivity index (χ4n) is 5.37. The fraction of sp³-hybridized carbons (Fsp3) is 0.364. The molecule has 1 aliphatic carbocycles. The number of fused-ring (bicyclic) bond motifs is 2. The molecule has 1 N–H and O–H groups in total. The molecule has 0 aromatic heterocycles. The summed E-state index contributed by atoms with van der Waals surface area (Å²) in [6.07, 6.45) is 7.94. The van der Waals surface area contributed by atoms with Crippen LogP contribution in [0.2, 0.25) is 20.1 Å². The van der Waals surface area contributed by atoms with Crippen molar-refractivity contribution in [1.82, 2.24) is 0 Å². The fourth-order valence-corrected chi connectivity index (χ4v) is 9.98. The molecule has 49 heavy (non-hydrogen) atoms. The quantitative estimate of drug-likeness (QED) is 0.0255. The number of carbonyl (C=O) groups is 2. The van der Waals surface area contributed by atoms with Crippen LogP contribution in [0.15, 0.2) is 21.3 Å². The third-order valence-corrected chi connectivity index (χ3v) is 13.2. The van der Waals surface area contributed by atoms with Crippen LogP contribution in [-0.2, 0) is 9.53 Å². The Kier molecular flexibility index (Phi) is 18.1. The van der Waals surface area contributed by atoms with Gasteiger partial charge in [-0.2, -0.15) is 0 Å². The molecule has 1 aliphatic heterocycles. The molecule has 2 aromatic rings. The molecule has 0 saturated carbocycles. The van der Waals surface area contributed by atoms with Crippen molar-refractivity contribution >= 4 is 160 Å². The summed E-state index contributed by atoms with van der Waals surface area (Å²) in [6.45, 7) is 2.18. The maximum absolute atomic E-state index is 14.0. The second-order valence-electron chi connectivity index (χ2n) is 11.1. The molecule has 2 aliphatic rings. The molecule has 1 unspecified atom stereocenters. The van der Waals surface area contributed by atoms with Crippen molar-refractivity contribution in [2.75, 3.05) is 0 Å². The number of rotatable bonds is 14. The maximum Gasteiger partial charge on any atom is 1.00 e. The topological polar surface area (TPSA) is 117 Å². The molecule has 0 amide bonds. The van der Waals surface area contributed by atoms with Crippen molar-refractivity contribution in [3.8, 4) is 28.2 Å². The predicted octanol–water partition coefficient (Wildman–Crippen LogP) is 9.21. The molecule has 0 spiro atoms. The van der Waals surface area contributed by atoms with Crippen LogP contribution in [0.1, 0.15) is 81.5 Å². The number of benzene rings is 3. The van der Waals surface area contributed by atoms with E-state index in [2.05, 4.69) is 6.92 Å². The van der Waals surface area contributed by atoms with E-state index in [0.717, 1.165) is 25.7 Å². The van der Waals surface area contributed by atoms with E-state index in [0.29, 0.717) is 24.5 Å². The zero-order valence-electron chi connectivity index (χ0n) is 26.2. The summed E-state index contributed by atoms with van der Waals surface area (Å²) in [5, 5.41) is 22.5. The SMILES string of the molecule is CCCCCCCCCCCC(OC(=O)c1c(Cl)c(Cl)c(Cl)c(Cl)c1-c1c2cc(I)c(=O)c(I)c-2oc2c(I)c([O-])c(I)cc12)C(=O)O.[Na+]. The number of carbonyl (C=O) groups excluding carboxylic acids is 1. The van der Waals surface area contributed by atoms with Crippen molar-refractivity contribution in [2.45, 2.75) is 77.2 Å². The van der Waals surface area contributed by atoms with Gasteiger partial charge in [-0.25, -0.2) is 9.59 Å². The van der Waals surface area contributed by atoms with Crippen LogP contribution in [-0.4, -0.2) is 23.1 Å². The Morgan fingerprint density at radius 3 is 2.00 bits per heavy atom. The van der Waals surface area contributed by atoms with Crippen LogP contribution < -0.4 is 40.1 Å². The number of carboxylic acids is 1. The summed E-state index contributed by atoms with van der Waals surface area (Å²) in [7, 11) is 0. The maximum atomic E-state index is 14.0. The number of esters is 1. The van der Waals surface area contributed by atoms with Crippen LogP contribution in [0.4, 0.5) is 0 Å². The molecule has 0 radical (unpaired) electrons. The Hall–Kier alpha value is 0.950. The number of unbranched alkanes of at least 4 members (excludes halogenated alkanes) is 8. The first-order chi connectivity index (χ1) is 22.7. The molecule has 0 fully saturated rings. The van der Waals surface area contributed by atoms with Gasteiger partial charge in [0.15, 0.2) is 11.9 Å². The third kappa shape index (κ3) is 9.99. The van der Waals surface area contributed by atoms with Crippen LogP contribution in [0, 0.1) is 14.3 Å². The first kappa shape index (κ1) is 44.3. The van der Waals surface area contributed by atoms with Gasteiger partial charge in [-0.3, -0.25) is 4.79 Å². The summed E-state index contributed by atoms with van der Waals surface area (Å²) in [5.74, 6) is -2.52. The summed E-state index contributed by atoms with van der Waals surface area (Å²) in [4.78, 5) is 39.3. The van der Waals surface area contributed by atoms with Gasteiger partial charge in [0.25, 0.3) is 0 Å². The largest absolute Gasteiger partial charge is 1.00 e. The van der Waals surface area contributed by atoms with Crippen LogP contribution >= 0.6 is 137 Å². The van der Waals surface area contributed by atoms with Crippen molar-refractivity contribution in [3.63, 3.8) is 0 Å². The van der Waals surface area contributed by atoms with Crippen molar-refractivity contribution in [2.24, 2.45) is 0 Å². The second-order valence-corrected chi connectivity index (χ2v) is 17.1. The average Bonchev–Trinajstić information content (AvgIpc) is 3.05. The summed E-state index contributed by atoms with van der Waals surface area (Å²) < 4.78 is 13.0. The monoisotopic (exact) mass is 1210 g/mol. The minimum absolute atomic E-state index is 0. The van der Waals surface area contributed by atoms with Gasteiger partial charge in [0.05, 0.1) is 29.2 Å². The molecule has 1 atom stereocenters. The van der Waals surface area contributed by atoms with Gasteiger partial charge in [-0.05, 0) is 115 Å². The van der Waals surface area contributed by atoms with Crippen LogP contribution in [0.25, 0.3) is 33.4 Å². The van der Waals surface area contributed by atoms with Gasteiger partial charge in [0.2, 0.25) is 5.43 Å². The molecule has 258 valence electrons. The third-order valence-electron chi connectivity index (χ3n) is 7.82. The van der Waals surface area contributed by atoms with Crippen molar-refractivity contribution in [3.05, 3.63) is 62.3 Å². The van der Waals surface area contributed by atoms with Gasteiger partial charge in [0, 0.05) is 29.2 Å². The Labute approximate surface area is 380 Å². The molecule has 7 nitrogen and oxygen atoms in total. The van der Waals surface area contributed by atoms with Gasteiger partial charge < -0.3 is 19.4 Å². The van der Waals surface area contributed by atoms with E-state index in [1.54, 1.807) is 12.1 Å². The number of hydrogen-bond donors (Lipinski definition) is 1. The number of halogens is 8. The predicted molar refractivity (Wildman–Crippen MR) is 224 cm³/mol. The Morgan fingerprint density at radius 2 is 1.41 bits per heavy atom. The van der Waals surface area contributed by atoms with E-state index in [1.807, 2.05) is 90.4 Å². The zero-order chi connectivity index (χ0) is 35.4. The molecule has 0 saturated heterocycles. The van der Waals surface area contributed by atoms with Gasteiger partial charge in [0.1, 0.15) is 9.15 Å². The first-order valence-electron chi connectivity index (χ1n) is 15.0. The number of ether oxygens (including phenoxy) is 1. The van der Waals surface area contributed by atoms with Crippen LogP contribution in [0.5, 0.6) is 5.75 Å². The Morgan fingerprint density at radius 1 is 0.837 bits per heavy atom. The standard InChI is InChI=1S/C33H28Cl4I4O7.Na/c1-2-3-4-5-6-7-8-9-10-11-18(32(44)45)47-33(46)21-20(22(34)24(36)25(37)23(21)35)19-14-12-16(38)28(42)26(40)30(14)48-31-15(19)13-17(39)29(43)27(31)41;/h12-13,18,42H,2-11H2,1H3,(H,44,45);/q;+1/p-1. The molecule has 4 rings (SSSR count). The molecule has 1 heterocycles. The van der Waals surface area contributed by atoms with Gasteiger partial charge >= 0.3 is 41.5 Å².